The van der Waals surface area contributed by atoms with Crippen molar-refractivity contribution in [1.29, 1.82) is 0 Å². The molecular formula is C22H36O3Si. The van der Waals surface area contributed by atoms with E-state index < -0.39 is 0 Å². The average molecular weight is 377 g/mol. The molecule has 0 amide bonds. The quantitative estimate of drug-likeness (QED) is 0.227. The highest BCUT2D eigenvalue weighted by Gasteiger charge is 2.27. The van der Waals surface area contributed by atoms with Crippen molar-refractivity contribution in [2.45, 2.75) is 77.7 Å². The van der Waals surface area contributed by atoms with Crippen LogP contribution in [0.15, 0.2) is 24.3 Å². The molecule has 0 radical (unpaired) electrons. The second-order valence-corrected chi connectivity index (χ2v) is 9.78. The molecule has 3 nitrogen and oxygen atoms in total. The van der Waals surface area contributed by atoms with Gasteiger partial charge in [0.1, 0.15) is 11.5 Å². The molecule has 4 heteroatoms. The molecule has 0 bridgehead atoms. The Labute approximate surface area is 161 Å². The summed E-state index contributed by atoms with van der Waals surface area (Å²) in [6, 6.07) is 8.76. The molecule has 0 aliphatic heterocycles. The summed E-state index contributed by atoms with van der Waals surface area (Å²) in [5, 5.41) is 0. The van der Waals surface area contributed by atoms with Crippen molar-refractivity contribution in [1.82, 2.24) is 0 Å². The number of carbonyl (C=O) groups is 1. The van der Waals surface area contributed by atoms with Crippen molar-refractivity contribution in [3.63, 3.8) is 0 Å². The Kier molecular flexibility index (Phi) is 9.83. The van der Waals surface area contributed by atoms with Crippen molar-refractivity contribution in [3.05, 3.63) is 24.3 Å². The van der Waals surface area contributed by atoms with Crippen molar-refractivity contribution in [3.8, 4) is 11.5 Å². The van der Waals surface area contributed by atoms with Gasteiger partial charge in [0.15, 0.2) is 0 Å². The lowest BCUT2D eigenvalue weighted by molar-refractivity contribution is -0.140. The van der Waals surface area contributed by atoms with Crippen molar-refractivity contribution in [2.75, 3.05) is 6.23 Å². The van der Waals surface area contributed by atoms with Gasteiger partial charge in [0.2, 0.25) is 0 Å². The second kappa shape index (κ2) is 12.2. The summed E-state index contributed by atoms with van der Waals surface area (Å²) >= 11 is 0. The van der Waals surface area contributed by atoms with Gasteiger partial charge in [0.05, 0.1) is 21.7 Å². The average Bonchev–Trinajstić information content (AvgIpc) is 2.67. The van der Waals surface area contributed by atoms with E-state index in [1.807, 2.05) is 24.3 Å². The molecule has 146 valence electrons. The third kappa shape index (κ3) is 7.53. The lowest BCUT2D eigenvalue weighted by Gasteiger charge is -2.27. The second-order valence-electron chi connectivity index (χ2n) is 7.66. The van der Waals surface area contributed by atoms with Crippen LogP contribution < -0.4 is 9.47 Å². The fourth-order valence-electron chi connectivity index (χ4n) is 3.68. The summed E-state index contributed by atoms with van der Waals surface area (Å²) < 4.78 is 11.3. The largest absolute Gasteiger partial charge is 0.498 e. The summed E-state index contributed by atoms with van der Waals surface area (Å²) in [6.45, 7) is 4.46. The van der Waals surface area contributed by atoms with Gasteiger partial charge in [-0.15, -0.1) is 0 Å². The lowest BCUT2D eigenvalue weighted by Crippen LogP contribution is -2.25. The first-order valence-corrected chi connectivity index (χ1v) is 12.7. The minimum atomic E-state index is -0.0841. The van der Waals surface area contributed by atoms with E-state index in [2.05, 4.69) is 13.8 Å². The minimum Gasteiger partial charge on any atom is -0.498 e. The van der Waals surface area contributed by atoms with E-state index in [0.717, 1.165) is 30.7 Å². The van der Waals surface area contributed by atoms with Crippen LogP contribution >= 0.6 is 0 Å². The van der Waals surface area contributed by atoms with E-state index in [0.29, 0.717) is 5.75 Å². The third-order valence-corrected chi connectivity index (χ3v) is 6.65. The molecule has 0 heterocycles. The van der Waals surface area contributed by atoms with E-state index in [4.69, 9.17) is 9.47 Å². The first-order valence-electron chi connectivity index (χ1n) is 10.7. The predicted octanol–water partition coefficient (Wildman–Crippen LogP) is 5.31. The number of hydrogen-bond donors (Lipinski definition) is 0. The van der Waals surface area contributed by atoms with Gasteiger partial charge in [-0.25, -0.2) is 0 Å². The summed E-state index contributed by atoms with van der Waals surface area (Å²) in [7, 11) is -0.0841. The summed E-state index contributed by atoms with van der Waals surface area (Å²) in [5.74, 6) is 2.35. The molecule has 1 aromatic rings. The molecule has 0 atom stereocenters. The molecular weight excluding hydrogens is 340 g/mol. The fourth-order valence-corrected chi connectivity index (χ4v) is 4.35. The fraction of sp³-hybridized carbons (Fsp3) is 0.682. The zero-order chi connectivity index (χ0) is 18.6. The molecule has 0 unspecified atom stereocenters. The Morgan fingerprint density at radius 3 is 2.35 bits per heavy atom. The van der Waals surface area contributed by atoms with E-state index in [1.165, 1.54) is 51.0 Å². The number of esters is 1. The molecule has 0 spiro atoms. The zero-order valence-corrected chi connectivity index (χ0v) is 18.1. The number of ether oxygens (including phenoxy) is 2. The minimum absolute atomic E-state index is 0.0542. The normalized spacial score (nSPS) is 20.4. The van der Waals surface area contributed by atoms with Crippen LogP contribution in [0.4, 0.5) is 0 Å². The molecule has 1 fully saturated rings. The van der Waals surface area contributed by atoms with E-state index in [9.17, 15) is 4.79 Å². The van der Waals surface area contributed by atoms with Crippen LogP contribution in [0.25, 0.3) is 0 Å². The van der Waals surface area contributed by atoms with Crippen LogP contribution in [0.1, 0.15) is 71.6 Å². The predicted molar refractivity (Wildman–Crippen MR) is 111 cm³/mol. The van der Waals surface area contributed by atoms with Gasteiger partial charge in [-0.1, -0.05) is 52.0 Å². The number of carbonyl (C=O) groups excluding carboxylic acids is 1. The Morgan fingerprint density at radius 1 is 1.00 bits per heavy atom. The van der Waals surface area contributed by atoms with Crippen LogP contribution in [-0.4, -0.2) is 21.7 Å². The van der Waals surface area contributed by atoms with Gasteiger partial charge in [-0.2, -0.15) is 0 Å². The maximum atomic E-state index is 12.4. The zero-order valence-electron chi connectivity index (χ0n) is 16.7. The monoisotopic (exact) mass is 376 g/mol. The number of unbranched alkanes of at least 4 members (excludes halogenated alkanes) is 3. The first-order chi connectivity index (χ1) is 12.7. The highest BCUT2D eigenvalue weighted by molar-refractivity contribution is 6.35. The maximum Gasteiger partial charge on any atom is 0.314 e. The van der Waals surface area contributed by atoms with Crippen LogP contribution in [0.3, 0.4) is 0 Å². The van der Waals surface area contributed by atoms with Crippen molar-refractivity contribution >= 4 is 15.5 Å². The van der Waals surface area contributed by atoms with E-state index >= 15 is 0 Å². The molecule has 1 aliphatic rings. The van der Waals surface area contributed by atoms with Gasteiger partial charge < -0.3 is 9.47 Å². The Balaban J connectivity index is 1.68. The van der Waals surface area contributed by atoms with Crippen LogP contribution in [0.5, 0.6) is 11.5 Å². The van der Waals surface area contributed by atoms with E-state index in [1.54, 1.807) is 0 Å². The molecule has 26 heavy (non-hydrogen) atoms. The molecule has 0 aromatic heterocycles. The smallest absolute Gasteiger partial charge is 0.314 e. The summed E-state index contributed by atoms with van der Waals surface area (Å²) in [4.78, 5) is 12.4. The SMILES string of the molecule is CCCCCCC1CCC(C(=O)Oc2ccc(OC[SiH2]CC)cc2)CC1. The lowest BCUT2D eigenvalue weighted by atomic mass is 9.80. The van der Waals surface area contributed by atoms with Crippen molar-refractivity contribution in [2.24, 2.45) is 11.8 Å². The van der Waals surface area contributed by atoms with Crippen LogP contribution in [-0.2, 0) is 4.79 Å². The summed E-state index contributed by atoms with van der Waals surface area (Å²) in [6.07, 6.45) is 11.9. The van der Waals surface area contributed by atoms with Crippen LogP contribution in [0.2, 0.25) is 6.04 Å². The van der Waals surface area contributed by atoms with E-state index in [-0.39, 0.29) is 21.4 Å². The van der Waals surface area contributed by atoms with Gasteiger partial charge in [-0.05, 0) is 55.9 Å². The number of benzene rings is 1. The molecule has 1 aliphatic carbocycles. The topological polar surface area (TPSA) is 35.5 Å². The molecule has 0 saturated heterocycles. The summed E-state index contributed by atoms with van der Waals surface area (Å²) in [5.41, 5.74) is 0. The Hall–Kier alpha value is -1.29. The first kappa shape index (κ1) is 21.0. The Morgan fingerprint density at radius 2 is 1.69 bits per heavy atom. The van der Waals surface area contributed by atoms with Crippen LogP contribution in [0, 0.1) is 11.8 Å². The number of hydrogen-bond acceptors (Lipinski definition) is 3. The molecule has 1 saturated carbocycles. The standard InChI is InChI=1S/C22H36O3Si/c1-3-5-6-7-8-18-9-11-19(12-10-18)22(23)25-21-15-13-20(14-16-21)24-17-26-4-2/h13-16,18-19H,3-12,17,26H2,1-2H3. The highest BCUT2D eigenvalue weighted by atomic mass is 28.2. The Bertz CT molecular complexity index is 507. The van der Waals surface area contributed by atoms with Gasteiger partial charge >= 0.3 is 5.97 Å². The van der Waals surface area contributed by atoms with Gasteiger partial charge in [0.25, 0.3) is 0 Å². The highest BCUT2D eigenvalue weighted by Crippen LogP contribution is 2.33. The number of rotatable bonds is 11. The maximum absolute atomic E-state index is 12.4. The van der Waals surface area contributed by atoms with Gasteiger partial charge in [-0.3, -0.25) is 4.79 Å². The molecule has 0 N–H and O–H groups in total. The van der Waals surface area contributed by atoms with Gasteiger partial charge in [0, 0.05) is 0 Å². The molecule has 1 aromatic carbocycles. The third-order valence-electron chi connectivity index (χ3n) is 5.45. The van der Waals surface area contributed by atoms with Crippen molar-refractivity contribution < 1.29 is 14.3 Å². The molecule has 2 rings (SSSR count).